The Morgan fingerprint density at radius 3 is 2.63 bits per heavy atom. The number of ether oxygens (including phenoxy) is 1. The van der Waals surface area contributed by atoms with Gasteiger partial charge in [0.1, 0.15) is 5.75 Å². The van der Waals surface area contributed by atoms with Gasteiger partial charge in [0.2, 0.25) is 0 Å². The Balaban J connectivity index is 1.63. The van der Waals surface area contributed by atoms with Crippen LogP contribution in [0.15, 0.2) is 59.4 Å². The van der Waals surface area contributed by atoms with Gasteiger partial charge in [-0.25, -0.2) is 4.98 Å². The van der Waals surface area contributed by atoms with E-state index in [9.17, 15) is 4.79 Å². The molecule has 2 heterocycles. The lowest BCUT2D eigenvalue weighted by Crippen LogP contribution is -2.17. The van der Waals surface area contributed by atoms with Crippen LogP contribution in [0.2, 0.25) is 0 Å². The van der Waals surface area contributed by atoms with Crippen LogP contribution in [0.1, 0.15) is 11.3 Å². The molecule has 4 rings (SSSR count). The number of hydrogen-bond donors (Lipinski definition) is 2. The number of fused-ring (bicyclic) bond motifs is 1. The molecule has 0 amide bonds. The van der Waals surface area contributed by atoms with E-state index in [-0.39, 0.29) is 5.56 Å². The second-order valence-electron chi connectivity index (χ2n) is 6.19. The van der Waals surface area contributed by atoms with Crippen molar-refractivity contribution in [2.75, 3.05) is 12.4 Å². The number of benzene rings is 2. The highest BCUT2D eigenvalue weighted by Gasteiger charge is 2.10. The van der Waals surface area contributed by atoms with Gasteiger partial charge in [-0.3, -0.25) is 9.89 Å². The highest BCUT2D eigenvalue weighted by molar-refractivity contribution is 5.58. The van der Waals surface area contributed by atoms with Crippen molar-refractivity contribution in [2.24, 2.45) is 0 Å². The van der Waals surface area contributed by atoms with Crippen molar-refractivity contribution in [3.05, 3.63) is 76.2 Å². The summed E-state index contributed by atoms with van der Waals surface area (Å²) in [5, 5.41) is 6.31. The van der Waals surface area contributed by atoms with Crippen LogP contribution >= 0.6 is 0 Å². The van der Waals surface area contributed by atoms with Gasteiger partial charge in [0, 0.05) is 17.3 Å². The zero-order chi connectivity index (χ0) is 18.8. The van der Waals surface area contributed by atoms with Gasteiger partial charge < -0.3 is 10.1 Å². The third-order valence-electron chi connectivity index (χ3n) is 4.35. The van der Waals surface area contributed by atoms with Crippen molar-refractivity contribution in [3.63, 3.8) is 0 Å². The van der Waals surface area contributed by atoms with E-state index in [1.54, 1.807) is 7.11 Å². The van der Waals surface area contributed by atoms with E-state index in [2.05, 4.69) is 20.4 Å². The summed E-state index contributed by atoms with van der Waals surface area (Å²) >= 11 is 0. The van der Waals surface area contributed by atoms with Gasteiger partial charge in [-0.2, -0.15) is 9.50 Å². The normalized spacial score (nSPS) is 10.9. The first kappa shape index (κ1) is 16.8. The van der Waals surface area contributed by atoms with Gasteiger partial charge in [0.15, 0.2) is 5.82 Å². The number of nitrogens with one attached hydrogen (secondary N) is 2. The molecule has 4 aromatic rings. The van der Waals surface area contributed by atoms with Crippen LogP contribution in [-0.2, 0) is 6.54 Å². The molecule has 0 aliphatic heterocycles. The second-order valence-corrected chi connectivity index (χ2v) is 6.19. The summed E-state index contributed by atoms with van der Waals surface area (Å²) in [7, 11) is 1.62. The Bertz CT molecular complexity index is 1150. The lowest BCUT2D eigenvalue weighted by molar-refractivity contribution is 0.415. The summed E-state index contributed by atoms with van der Waals surface area (Å²) in [6.07, 6.45) is 0. The van der Waals surface area contributed by atoms with Crippen molar-refractivity contribution >= 4 is 11.5 Å². The number of aromatic amines is 1. The molecular weight excluding hydrogens is 342 g/mol. The fraction of sp³-hybridized carbons (Fsp3) is 0.150. The fourth-order valence-corrected chi connectivity index (χ4v) is 2.85. The maximum absolute atomic E-state index is 12.4. The fourth-order valence-electron chi connectivity index (χ4n) is 2.85. The average Bonchev–Trinajstić information content (AvgIpc) is 3.12. The van der Waals surface area contributed by atoms with Crippen molar-refractivity contribution in [3.8, 4) is 17.1 Å². The number of rotatable bonds is 5. The van der Waals surface area contributed by atoms with Gasteiger partial charge in [0.05, 0.1) is 19.3 Å². The minimum Gasteiger partial charge on any atom is -0.497 e. The smallest absolute Gasteiger partial charge is 0.274 e. The van der Waals surface area contributed by atoms with E-state index < -0.39 is 0 Å². The van der Waals surface area contributed by atoms with E-state index in [1.165, 1.54) is 10.6 Å². The third kappa shape index (κ3) is 3.39. The molecule has 7 nitrogen and oxygen atoms in total. The van der Waals surface area contributed by atoms with Gasteiger partial charge >= 0.3 is 0 Å². The standard InChI is InChI=1S/C20H19N5O2/c1-13-5-3-4-6-17(13)21-12-15-11-18(26)25-20(22-15)23-19(24-25)14-7-9-16(27-2)10-8-14/h3-11,21H,12H2,1-2H3,(H,22,23,24). The van der Waals surface area contributed by atoms with E-state index in [1.807, 2.05) is 55.5 Å². The molecule has 0 fully saturated rings. The van der Waals surface area contributed by atoms with Crippen LogP contribution in [0.3, 0.4) is 0 Å². The first-order valence-electron chi connectivity index (χ1n) is 8.56. The Hall–Kier alpha value is -3.61. The number of anilines is 1. The molecule has 0 aliphatic rings. The van der Waals surface area contributed by atoms with Crippen molar-refractivity contribution in [2.45, 2.75) is 13.5 Å². The zero-order valence-corrected chi connectivity index (χ0v) is 15.1. The maximum Gasteiger partial charge on any atom is 0.274 e. The monoisotopic (exact) mass is 361 g/mol. The summed E-state index contributed by atoms with van der Waals surface area (Å²) in [6, 6.07) is 16.9. The molecule has 2 aromatic carbocycles. The molecule has 2 aromatic heterocycles. The molecule has 0 bridgehead atoms. The topological polar surface area (TPSA) is 84.3 Å². The quantitative estimate of drug-likeness (QED) is 0.571. The summed E-state index contributed by atoms with van der Waals surface area (Å²) in [6.45, 7) is 2.48. The molecule has 27 heavy (non-hydrogen) atoms. The highest BCUT2D eigenvalue weighted by Crippen LogP contribution is 2.19. The average molecular weight is 361 g/mol. The Morgan fingerprint density at radius 2 is 1.89 bits per heavy atom. The number of nitrogens with zero attached hydrogens (tertiary/aromatic N) is 3. The molecule has 136 valence electrons. The SMILES string of the molecule is COc1ccc(-c2nc3nc(CNc4ccccc4C)cc(=O)n3[nH]2)cc1. The van der Waals surface area contributed by atoms with Gasteiger partial charge in [-0.05, 0) is 42.8 Å². The van der Waals surface area contributed by atoms with Crippen molar-refractivity contribution < 1.29 is 4.74 Å². The van der Waals surface area contributed by atoms with Gasteiger partial charge in [-0.15, -0.1) is 0 Å². The number of H-pyrrole nitrogens is 1. The Morgan fingerprint density at radius 1 is 1.11 bits per heavy atom. The number of aromatic nitrogens is 4. The van der Waals surface area contributed by atoms with Gasteiger partial charge in [0.25, 0.3) is 11.3 Å². The largest absolute Gasteiger partial charge is 0.497 e. The zero-order valence-electron chi connectivity index (χ0n) is 15.1. The van der Waals surface area contributed by atoms with E-state index in [0.29, 0.717) is 23.8 Å². The summed E-state index contributed by atoms with van der Waals surface area (Å²) in [5.41, 5.74) is 3.43. The highest BCUT2D eigenvalue weighted by atomic mass is 16.5. The third-order valence-corrected chi connectivity index (χ3v) is 4.35. The Labute approximate surface area is 155 Å². The number of aryl methyl sites for hydroxylation is 1. The maximum atomic E-state index is 12.4. The number of methoxy groups -OCH3 is 1. The Kier molecular flexibility index (Phi) is 4.33. The van der Waals surface area contributed by atoms with Crippen LogP contribution in [-0.4, -0.2) is 26.7 Å². The number of para-hydroxylation sites is 1. The van der Waals surface area contributed by atoms with E-state index in [4.69, 9.17) is 4.74 Å². The molecule has 0 saturated heterocycles. The van der Waals surface area contributed by atoms with Crippen LogP contribution in [0.4, 0.5) is 5.69 Å². The first-order chi connectivity index (χ1) is 13.1. The summed E-state index contributed by atoms with van der Waals surface area (Å²) < 4.78 is 6.51. The van der Waals surface area contributed by atoms with Gasteiger partial charge in [-0.1, -0.05) is 18.2 Å². The summed E-state index contributed by atoms with van der Waals surface area (Å²) in [5.74, 6) is 1.68. The summed E-state index contributed by atoms with van der Waals surface area (Å²) in [4.78, 5) is 21.4. The second kappa shape index (κ2) is 6.95. The minimum atomic E-state index is -0.200. The van der Waals surface area contributed by atoms with E-state index >= 15 is 0 Å². The predicted molar refractivity (Wildman–Crippen MR) is 104 cm³/mol. The van der Waals surface area contributed by atoms with Crippen LogP contribution in [0, 0.1) is 6.92 Å². The first-order valence-corrected chi connectivity index (χ1v) is 8.56. The molecule has 0 spiro atoms. The van der Waals surface area contributed by atoms with Crippen LogP contribution in [0.5, 0.6) is 5.75 Å². The molecule has 0 radical (unpaired) electrons. The van der Waals surface area contributed by atoms with Crippen molar-refractivity contribution in [1.29, 1.82) is 0 Å². The molecule has 0 aliphatic carbocycles. The molecule has 7 heteroatoms. The molecular formula is C20H19N5O2. The molecule has 0 saturated carbocycles. The minimum absolute atomic E-state index is 0.200. The van der Waals surface area contributed by atoms with Crippen LogP contribution in [0.25, 0.3) is 17.2 Å². The van der Waals surface area contributed by atoms with Crippen molar-refractivity contribution in [1.82, 2.24) is 19.6 Å². The lowest BCUT2D eigenvalue weighted by Gasteiger charge is -2.08. The lowest BCUT2D eigenvalue weighted by atomic mass is 10.2. The number of hydrogen-bond acceptors (Lipinski definition) is 5. The molecule has 0 unspecified atom stereocenters. The van der Waals surface area contributed by atoms with Crippen LogP contribution < -0.4 is 15.6 Å². The molecule has 2 N–H and O–H groups in total. The molecule has 0 atom stereocenters. The predicted octanol–water partition coefficient (Wildman–Crippen LogP) is 3.01. The van der Waals surface area contributed by atoms with E-state index in [0.717, 1.165) is 22.6 Å².